The van der Waals surface area contributed by atoms with Crippen molar-refractivity contribution in [3.05, 3.63) is 118 Å². The molecule has 156 valence electrons. The van der Waals surface area contributed by atoms with Gasteiger partial charge in [0, 0.05) is 22.3 Å². The van der Waals surface area contributed by atoms with Crippen molar-refractivity contribution in [1.82, 2.24) is 4.98 Å². The summed E-state index contributed by atoms with van der Waals surface area (Å²) >= 11 is 3.46. The number of para-hydroxylation sites is 1. The molecule has 4 nitrogen and oxygen atoms in total. The number of ether oxygens (including phenoxy) is 1. The molecule has 1 aromatic heterocycles. The zero-order valence-corrected chi connectivity index (χ0v) is 18.5. The molecule has 1 aliphatic heterocycles. The summed E-state index contributed by atoms with van der Waals surface area (Å²) in [7, 11) is 0. The number of ketones is 1. The van der Waals surface area contributed by atoms with Crippen LogP contribution in [0.5, 0.6) is 5.75 Å². The molecule has 5 heteroatoms. The van der Waals surface area contributed by atoms with Gasteiger partial charge in [0.15, 0.2) is 5.78 Å². The van der Waals surface area contributed by atoms with Gasteiger partial charge < -0.3 is 4.74 Å². The number of rotatable bonds is 4. The Hall–Kier alpha value is -3.57. The summed E-state index contributed by atoms with van der Waals surface area (Å²) in [5.41, 5.74) is 4.03. The molecule has 32 heavy (non-hydrogen) atoms. The number of aromatic nitrogens is 1. The second kappa shape index (κ2) is 8.52. The van der Waals surface area contributed by atoms with Crippen LogP contribution in [0.2, 0.25) is 0 Å². The molecule has 0 N–H and O–H groups in total. The lowest BCUT2D eigenvalue weighted by Crippen LogP contribution is -2.38. The predicted octanol–water partition coefficient (Wildman–Crippen LogP) is 6.06. The van der Waals surface area contributed by atoms with E-state index in [0.29, 0.717) is 17.0 Å². The van der Waals surface area contributed by atoms with Crippen LogP contribution in [0.25, 0.3) is 11.1 Å². The first-order valence-electron chi connectivity index (χ1n) is 10.2. The Bertz CT molecular complexity index is 1280. The average molecular weight is 484 g/mol. The van der Waals surface area contributed by atoms with E-state index < -0.39 is 17.8 Å². The van der Waals surface area contributed by atoms with Crippen molar-refractivity contribution in [2.45, 2.75) is 5.92 Å². The minimum Gasteiger partial charge on any atom is -0.425 e. The molecule has 0 bridgehead atoms. The van der Waals surface area contributed by atoms with Gasteiger partial charge in [-0.15, -0.1) is 0 Å². The number of esters is 1. The van der Waals surface area contributed by atoms with E-state index in [2.05, 4.69) is 20.9 Å². The highest BCUT2D eigenvalue weighted by molar-refractivity contribution is 9.10. The van der Waals surface area contributed by atoms with E-state index in [1.54, 1.807) is 30.5 Å². The third kappa shape index (κ3) is 3.76. The van der Waals surface area contributed by atoms with Gasteiger partial charge in [-0.2, -0.15) is 0 Å². The van der Waals surface area contributed by atoms with E-state index in [4.69, 9.17) is 4.74 Å². The number of Topliss-reactive ketones (excluding diaryl/α,β-unsaturated/α-hetero) is 1. The summed E-state index contributed by atoms with van der Waals surface area (Å²) in [5, 5.41) is 0. The van der Waals surface area contributed by atoms with Crippen molar-refractivity contribution >= 4 is 27.7 Å². The molecule has 0 amide bonds. The zero-order valence-electron chi connectivity index (χ0n) is 16.9. The third-order valence-corrected chi connectivity index (χ3v) is 6.22. The van der Waals surface area contributed by atoms with Crippen molar-refractivity contribution < 1.29 is 14.3 Å². The molecule has 3 aromatic carbocycles. The summed E-state index contributed by atoms with van der Waals surface area (Å²) in [5.74, 6) is -2.04. The fourth-order valence-electron chi connectivity index (χ4n) is 4.11. The van der Waals surface area contributed by atoms with E-state index in [1.165, 1.54) is 0 Å². The standard InChI is InChI=1S/C27H18BrNO3/c28-20-14-12-18(13-15-20)17-8-10-19(11-9-17)24(22-6-3-4-16-29-22)25-26(30)21-5-1-2-7-23(21)32-27(25)31/h1-16,24-25H. The smallest absolute Gasteiger partial charge is 0.323 e. The van der Waals surface area contributed by atoms with Gasteiger partial charge in [-0.05, 0) is 53.1 Å². The number of hydrogen-bond acceptors (Lipinski definition) is 4. The third-order valence-electron chi connectivity index (χ3n) is 5.69. The first-order chi connectivity index (χ1) is 15.6. The highest BCUT2D eigenvalue weighted by Gasteiger charge is 2.43. The zero-order chi connectivity index (χ0) is 22.1. The van der Waals surface area contributed by atoms with Crippen LogP contribution in [-0.2, 0) is 4.79 Å². The molecule has 4 aromatic rings. The Balaban J connectivity index is 1.57. The van der Waals surface area contributed by atoms with E-state index >= 15 is 0 Å². The Labute approximate surface area is 194 Å². The lowest BCUT2D eigenvalue weighted by atomic mass is 9.77. The topological polar surface area (TPSA) is 56.3 Å². The Morgan fingerprint density at radius 1 is 0.781 bits per heavy atom. The number of nitrogens with zero attached hydrogens (tertiary/aromatic N) is 1. The molecule has 1 aliphatic rings. The molecule has 0 fully saturated rings. The number of fused-ring (bicyclic) bond motifs is 1. The van der Waals surface area contributed by atoms with Crippen LogP contribution in [-0.4, -0.2) is 16.7 Å². The van der Waals surface area contributed by atoms with Gasteiger partial charge >= 0.3 is 5.97 Å². The number of pyridine rings is 1. The summed E-state index contributed by atoms with van der Waals surface area (Å²) in [6.07, 6.45) is 1.67. The Kier molecular flexibility index (Phi) is 5.41. The average Bonchev–Trinajstić information content (AvgIpc) is 2.83. The molecule has 2 unspecified atom stereocenters. The number of halogens is 1. The largest absolute Gasteiger partial charge is 0.425 e. The monoisotopic (exact) mass is 483 g/mol. The predicted molar refractivity (Wildman–Crippen MR) is 126 cm³/mol. The van der Waals surface area contributed by atoms with Crippen LogP contribution in [0.3, 0.4) is 0 Å². The summed E-state index contributed by atoms with van der Waals surface area (Å²) < 4.78 is 6.57. The van der Waals surface area contributed by atoms with Gasteiger partial charge in [-0.1, -0.05) is 70.5 Å². The van der Waals surface area contributed by atoms with Gasteiger partial charge in [0.2, 0.25) is 0 Å². The van der Waals surface area contributed by atoms with Crippen molar-refractivity contribution in [3.63, 3.8) is 0 Å². The highest BCUT2D eigenvalue weighted by atomic mass is 79.9. The van der Waals surface area contributed by atoms with Crippen LogP contribution < -0.4 is 4.74 Å². The molecule has 2 heterocycles. The minimum absolute atomic E-state index is 0.246. The summed E-state index contributed by atoms with van der Waals surface area (Å²) in [6, 6.07) is 28.3. The van der Waals surface area contributed by atoms with E-state index in [9.17, 15) is 9.59 Å². The second-order valence-electron chi connectivity index (χ2n) is 7.62. The molecule has 0 aliphatic carbocycles. The maximum absolute atomic E-state index is 13.4. The second-order valence-corrected chi connectivity index (χ2v) is 8.54. The fraction of sp³-hybridized carbons (Fsp3) is 0.0741. The molecular formula is C27H18BrNO3. The van der Waals surface area contributed by atoms with Crippen LogP contribution >= 0.6 is 15.9 Å². The first-order valence-corrected chi connectivity index (χ1v) is 11.0. The van der Waals surface area contributed by atoms with Gasteiger partial charge in [-0.25, -0.2) is 0 Å². The maximum Gasteiger partial charge on any atom is 0.323 e. The van der Waals surface area contributed by atoms with Crippen molar-refractivity contribution in [1.29, 1.82) is 0 Å². The Morgan fingerprint density at radius 3 is 2.12 bits per heavy atom. The normalized spacial score (nSPS) is 16.2. The fourth-order valence-corrected chi connectivity index (χ4v) is 4.38. The Morgan fingerprint density at radius 2 is 1.44 bits per heavy atom. The summed E-state index contributed by atoms with van der Waals surface area (Å²) in [6.45, 7) is 0. The quantitative estimate of drug-likeness (QED) is 0.201. The lowest BCUT2D eigenvalue weighted by Gasteiger charge is -2.29. The molecule has 0 spiro atoms. The van der Waals surface area contributed by atoms with Crippen LogP contribution in [0.15, 0.2) is 102 Å². The molecule has 0 saturated heterocycles. The van der Waals surface area contributed by atoms with E-state index in [1.807, 2.05) is 66.7 Å². The van der Waals surface area contributed by atoms with Gasteiger partial charge in [0.25, 0.3) is 0 Å². The molecule has 5 rings (SSSR count). The van der Waals surface area contributed by atoms with E-state index in [0.717, 1.165) is 21.2 Å². The minimum atomic E-state index is -1.00. The van der Waals surface area contributed by atoms with Gasteiger partial charge in [0.1, 0.15) is 11.7 Å². The van der Waals surface area contributed by atoms with Gasteiger partial charge in [-0.3, -0.25) is 14.6 Å². The van der Waals surface area contributed by atoms with Crippen molar-refractivity contribution in [2.24, 2.45) is 5.92 Å². The molecule has 0 radical (unpaired) electrons. The number of carbonyl (C=O) groups is 2. The SMILES string of the molecule is O=C1Oc2ccccc2C(=O)C1C(c1ccc(-c2ccc(Br)cc2)cc1)c1ccccn1. The highest BCUT2D eigenvalue weighted by Crippen LogP contribution is 2.39. The molecule has 0 saturated carbocycles. The molecule has 2 atom stereocenters. The number of benzene rings is 3. The number of hydrogen-bond donors (Lipinski definition) is 0. The van der Waals surface area contributed by atoms with Crippen molar-refractivity contribution in [2.75, 3.05) is 0 Å². The van der Waals surface area contributed by atoms with Gasteiger partial charge in [0.05, 0.1) is 5.56 Å². The molecular weight excluding hydrogens is 466 g/mol. The van der Waals surface area contributed by atoms with Crippen molar-refractivity contribution in [3.8, 4) is 16.9 Å². The van der Waals surface area contributed by atoms with Crippen LogP contribution in [0, 0.1) is 5.92 Å². The van der Waals surface area contributed by atoms with Crippen LogP contribution in [0.1, 0.15) is 27.5 Å². The first kappa shape index (κ1) is 20.3. The number of carbonyl (C=O) groups excluding carboxylic acids is 2. The maximum atomic E-state index is 13.4. The summed E-state index contributed by atoms with van der Waals surface area (Å²) in [4.78, 5) is 30.9. The lowest BCUT2D eigenvalue weighted by molar-refractivity contribution is -0.138. The van der Waals surface area contributed by atoms with Crippen LogP contribution in [0.4, 0.5) is 0 Å². The van der Waals surface area contributed by atoms with E-state index in [-0.39, 0.29) is 5.78 Å².